The number of fused-ring (bicyclic) bond motifs is 1. The minimum absolute atomic E-state index is 0.523. The second-order valence-electron chi connectivity index (χ2n) is 4.57. The Hall–Kier alpha value is -1.40. The lowest BCUT2D eigenvalue weighted by atomic mass is 10.3. The van der Waals surface area contributed by atoms with E-state index in [1.54, 1.807) is 18.0 Å². The van der Waals surface area contributed by atoms with Gasteiger partial charge >= 0.3 is 0 Å². The van der Waals surface area contributed by atoms with Gasteiger partial charge in [0.1, 0.15) is 0 Å². The molecule has 3 heterocycles. The molecule has 0 unspecified atom stereocenters. The Kier molecular flexibility index (Phi) is 3.05. The SMILES string of the molecule is CC(C)N1CSc2nnc(-c3cccnc3)n2C1. The van der Waals surface area contributed by atoms with Crippen LogP contribution in [0.15, 0.2) is 29.7 Å². The largest absolute Gasteiger partial charge is 0.288 e. The molecule has 6 heteroatoms. The molecule has 1 aliphatic heterocycles. The van der Waals surface area contributed by atoms with Crippen LogP contribution in [-0.4, -0.2) is 36.6 Å². The normalized spacial score (nSPS) is 15.9. The Morgan fingerprint density at radius 2 is 2.22 bits per heavy atom. The van der Waals surface area contributed by atoms with Crippen LogP contribution in [0.2, 0.25) is 0 Å². The lowest BCUT2D eigenvalue weighted by Crippen LogP contribution is -2.35. The van der Waals surface area contributed by atoms with Gasteiger partial charge in [-0.1, -0.05) is 11.8 Å². The fourth-order valence-corrected chi connectivity index (χ4v) is 2.97. The van der Waals surface area contributed by atoms with Gasteiger partial charge in [-0.3, -0.25) is 14.5 Å². The van der Waals surface area contributed by atoms with Crippen molar-refractivity contribution in [1.82, 2.24) is 24.6 Å². The van der Waals surface area contributed by atoms with Gasteiger partial charge < -0.3 is 0 Å². The van der Waals surface area contributed by atoms with E-state index >= 15 is 0 Å². The number of hydrogen-bond acceptors (Lipinski definition) is 5. The maximum atomic E-state index is 4.29. The number of aromatic nitrogens is 4. The molecule has 0 bridgehead atoms. The van der Waals surface area contributed by atoms with Crippen LogP contribution in [0.3, 0.4) is 0 Å². The first-order valence-electron chi connectivity index (χ1n) is 5.96. The van der Waals surface area contributed by atoms with Crippen molar-refractivity contribution in [1.29, 1.82) is 0 Å². The van der Waals surface area contributed by atoms with Crippen molar-refractivity contribution in [2.24, 2.45) is 0 Å². The highest BCUT2D eigenvalue weighted by atomic mass is 32.2. The summed E-state index contributed by atoms with van der Waals surface area (Å²) in [6.45, 7) is 5.26. The second kappa shape index (κ2) is 4.70. The van der Waals surface area contributed by atoms with Crippen molar-refractivity contribution in [3.8, 4) is 11.4 Å². The second-order valence-corrected chi connectivity index (χ2v) is 5.49. The Morgan fingerprint density at radius 1 is 1.33 bits per heavy atom. The van der Waals surface area contributed by atoms with E-state index in [0.29, 0.717) is 6.04 Å². The van der Waals surface area contributed by atoms with Gasteiger partial charge in [-0.05, 0) is 26.0 Å². The molecule has 0 N–H and O–H groups in total. The third-order valence-electron chi connectivity index (χ3n) is 3.05. The molecule has 1 aliphatic rings. The summed E-state index contributed by atoms with van der Waals surface area (Å²) in [7, 11) is 0. The van der Waals surface area contributed by atoms with Crippen LogP contribution < -0.4 is 0 Å². The molecule has 0 saturated heterocycles. The van der Waals surface area contributed by atoms with Gasteiger partial charge in [0.2, 0.25) is 0 Å². The summed E-state index contributed by atoms with van der Waals surface area (Å²) in [6.07, 6.45) is 3.60. The standard InChI is InChI=1S/C12H15N5S/c1-9(2)16-7-17-11(10-4-3-5-13-6-10)14-15-12(17)18-8-16/h3-6,9H,7-8H2,1-2H3. The van der Waals surface area contributed by atoms with Crippen molar-refractivity contribution < 1.29 is 0 Å². The van der Waals surface area contributed by atoms with E-state index < -0.39 is 0 Å². The number of pyridine rings is 1. The molecule has 0 aromatic carbocycles. The summed E-state index contributed by atoms with van der Waals surface area (Å²) >= 11 is 1.74. The summed E-state index contributed by atoms with van der Waals surface area (Å²) < 4.78 is 2.16. The zero-order chi connectivity index (χ0) is 12.5. The molecule has 0 amide bonds. The quantitative estimate of drug-likeness (QED) is 0.828. The van der Waals surface area contributed by atoms with Gasteiger partial charge in [0.15, 0.2) is 11.0 Å². The Morgan fingerprint density at radius 3 is 2.94 bits per heavy atom. The average molecular weight is 261 g/mol. The zero-order valence-electron chi connectivity index (χ0n) is 10.4. The summed E-state index contributed by atoms with van der Waals surface area (Å²) in [5.41, 5.74) is 1.02. The fraction of sp³-hybridized carbons (Fsp3) is 0.417. The molecular formula is C12H15N5S. The van der Waals surface area contributed by atoms with Crippen LogP contribution in [-0.2, 0) is 6.67 Å². The molecule has 0 spiro atoms. The van der Waals surface area contributed by atoms with E-state index in [9.17, 15) is 0 Å². The van der Waals surface area contributed by atoms with Gasteiger partial charge in [0.25, 0.3) is 0 Å². The molecule has 0 radical (unpaired) electrons. The maximum Gasteiger partial charge on any atom is 0.193 e. The van der Waals surface area contributed by atoms with E-state index in [0.717, 1.165) is 29.1 Å². The molecule has 94 valence electrons. The van der Waals surface area contributed by atoms with Crippen molar-refractivity contribution in [2.75, 3.05) is 5.88 Å². The van der Waals surface area contributed by atoms with E-state index in [1.165, 1.54) is 0 Å². The average Bonchev–Trinajstić information content (AvgIpc) is 2.82. The minimum Gasteiger partial charge on any atom is -0.288 e. The van der Waals surface area contributed by atoms with Crippen molar-refractivity contribution in [3.63, 3.8) is 0 Å². The van der Waals surface area contributed by atoms with Gasteiger partial charge in [-0.15, -0.1) is 10.2 Å². The molecule has 0 aliphatic carbocycles. The van der Waals surface area contributed by atoms with E-state index in [4.69, 9.17) is 0 Å². The Balaban J connectivity index is 1.98. The number of thioether (sulfide) groups is 1. The maximum absolute atomic E-state index is 4.29. The first-order valence-corrected chi connectivity index (χ1v) is 6.94. The zero-order valence-corrected chi connectivity index (χ0v) is 11.3. The van der Waals surface area contributed by atoms with Crippen LogP contribution in [0.5, 0.6) is 0 Å². The van der Waals surface area contributed by atoms with Crippen LogP contribution >= 0.6 is 11.8 Å². The smallest absolute Gasteiger partial charge is 0.193 e. The summed E-state index contributed by atoms with van der Waals surface area (Å²) in [5.74, 6) is 1.87. The van der Waals surface area contributed by atoms with Crippen molar-refractivity contribution in [3.05, 3.63) is 24.5 Å². The number of hydrogen-bond donors (Lipinski definition) is 0. The first-order chi connectivity index (χ1) is 8.75. The summed E-state index contributed by atoms with van der Waals surface area (Å²) in [5, 5.41) is 9.53. The molecule has 2 aromatic rings. The van der Waals surface area contributed by atoms with E-state index in [1.807, 2.05) is 18.3 Å². The van der Waals surface area contributed by atoms with Gasteiger partial charge in [-0.2, -0.15) is 0 Å². The third kappa shape index (κ3) is 2.02. The fourth-order valence-electron chi connectivity index (χ4n) is 1.91. The van der Waals surface area contributed by atoms with Gasteiger partial charge in [-0.25, -0.2) is 0 Å². The van der Waals surface area contributed by atoms with Crippen LogP contribution in [0.1, 0.15) is 13.8 Å². The highest BCUT2D eigenvalue weighted by Gasteiger charge is 2.23. The first kappa shape index (κ1) is 11.7. The summed E-state index contributed by atoms with van der Waals surface area (Å²) in [4.78, 5) is 6.53. The lowest BCUT2D eigenvalue weighted by molar-refractivity contribution is 0.193. The van der Waals surface area contributed by atoms with E-state index in [-0.39, 0.29) is 0 Å². The Labute approximate surface area is 110 Å². The van der Waals surface area contributed by atoms with Crippen LogP contribution in [0.25, 0.3) is 11.4 Å². The van der Waals surface area contributed by atoms with Gasteiger partial charge in [0, 0.05) is 24.0 Å². The molecular weight excluding hydrogens is 246 g/mol. The van der Waals surface area contributed by atoms with Gasteiger partial charge in [0.05, 0.1) is 12.5 Å². The molecule has 0 fully saturated rings. The predicted molar refractivity (Wildman–Crippen MR) is 71.0 cm³/mol. The van der Waals surface area contributed by atoms with Crippen molar-refractivity contribution >= 4 is 11.8 Å². The Bertz CT molecular complexity index is 537. The summed E-state index contributed by atoms with van der Waals surface area (Å²) in [6, 6.07) is 4.46. The highest BCUT2D eigenvalue weighted by molar-refractivity contribution is 7.99. The monoisotopic (exact) mass is 261 g/mol. The predicted octanol–water partition coefficient (Wildman–Crippen LogP) is 2.07. The molecule has 18 heavy (non-hydrogen) atoms. The number of rotatable bonds is 2. The lowest BCUT2D eigenvalue weighted by Gasteiger charge is -2.30. The van der Waals surface area contributed by atoms with Crippen LogP contribution in [0, 0.1) is 0 Å². The van der Waals surface area contributed by atoms with E-state index in [2.05, 4.69) is 38.5 Å². The third-order valence-corrected chi connectivity index (χ3v) is 4.07. The molecule has 0 atom stereocenters. The molecule has 5 nitrogen and oxygen atoms in total. The molecule has 3 rings (SSSR count). The van der Waals surface area contributed by atoms with Crippen LogP contribution in [0.4, 0.5) is 0 Å². The van der Waals surface area contributed by atoms with Crippen molar-refractivity contribution in [2.45, 2.75) is 31.7 Å². The number of nitrogens with zero attached hydrogens (tertiary/aromatic N) is 5. The topological polar surface area (TPSA) is 46.8 Å². The molecule has 2 aromatic heterocycles. The molecule has 0 saturated carbocycles. The minimum atomic E-state index is 0.523. The highest BCUT2D eigenvalue weighted by Crippen LogP contribution is 2.29.